The average Bonchev–Trinajstić information content (AvgIpc) is 3.28. The number of furan rings is 1. The first-order valence-corrected chi connectivity index (χ1v) is 13.2. The third kappa shape index (κ3) is 6.70. The maximum atomic E-state index is 12.7. The number of hydrogen-bond acceptors (Lipinski definition) is 4. The van der Waals surface area contributed by atoms with E-state index in [1.807, 2.05) is 42.5 Å². The van der Waals surface area contributed by atoms with Crippen LogP contribution < -0.4 is 9.47 Å². The predicted molar refractivity (Wildman–Crippen MR) is 146 cm³/mol. The van der Waals surface area contributed by atoms with Gasteiger partial charge in [0.05, 0.1) is 10.6 Å². The highest BCUT2D eigenvalue weighted by Gasteiger charge is 2.16. The van der Waals surface area contributed by atoms with Gasteiger partial charge < -0.3 is 13.9 Å². The highest BCUT2D eigenvalue weighted by Crippen LogP contribution is 2.33. The van der Waals surface area contributed by atoms with Gasteiger partial charge in [0.1, 0.15) is 17.1 Å². The molecule has 0 amide bonds. The molecule has 0 spiro atoms. The van der Waals surface area contributed by atoms with E-state index < -0.39 is 5.97 Å². The number of benzene rings is 3. The summed E-state index contributed by atoms with van der Waals surface area (Å²) in [6, 6.07) is 20.5. The summed E-state index contributed by atoms with van der Waals surface area (Å²) in [5, 5.41) is 1.32. The van der Waals surface area contributed by atoms with Crippen molar-refractivity contribution in [3.8, 4) is 17.4 Å². The molecule has 3 aromatic carbocycles. The van der Waals surface area contributed by atoms with Crippen molar-refractivity contribution in [3.63, 3.8) is 0 Å². The molecule has 0 saturated heterocycles. The molecule has 0 fully saturated rings. The number of carbonyl (C=O) groups is 1. The standard InChI is InChI=1S/C31H33ClO4/c1-3-5-7-10-22-14-16-24(17-15-22)35-31(33)26-19-18-25(20-28(26)32)34-30-21-27-23(11-8-6-4-2)12-9-13-29(27)36-30/h9,12-21H,3-8,10-11H2,1-2H3. The van der Waals surface area contributed by atoms with Gasteiger partial charge in [0.25, 0.3) is 5.95 Å². The van der Waals surface area contributed by atoms with Gasteiger partial charge in [-0.2, -0.15) is 0 Å². The summed E-state index contributed by atoms with van der Waals surface area (Å²) in [6.07, 6.45) is 9.14. The van der Waals surface area contributed by atoms with Gasteiger partial charge in [-0.25, -0.2) is 4.79 Å². The molecule has 0 aliphatic heterocycles. The molecule has 5 heteroatoms. The number of esters is 1. The molecule has 188 valence electrons. The molecular weight excluding hydrogens is 472 g/mol. The molecule has 1 aromatic heterocycles. The van der Waals surface area contributed by atoms with Crippen LogP contribution in [0.5, 0.6) is 17.4 Å². The number of carbonyl (C=O) groups excluding carboxylic acids is 1. The molecular formula is C31H33ClO4. The molecule has 0 radical (unpaired) electrons. The smallest absolute Gasteiger partial charge is 0.345 e. The first-order chi connectivity index (χ1) is 17.6. The molecule has 4 nitrogen and oxygen atoms in total. The van der Waals surface area contributed by atoms with E-state index in [0.29, 0.717) is 17.4 Å². The fraction of sp³-hybridized carbons (Fsp3) is 0.323. The number of fused-ring (bicyclic) bond motifs is 1. The molecule has 0 aliphatic rings. The summed E-state index contributed by atoms with van der Waals surface area (Å²) >= 11 is 6.42. The van der Waals surface area contributed by atoms with Crippen LogP contribution in [0.15, 0.2) is 71.1 Å². The summed E-state index contributed by atoms with van der Waals surface area (Å²) in [5.41, 5.74) is 3.56. The summed E-state index contributed by atoms with van der Waals surface area (Å²) in [5.74, 6) is 0.858. The lowest BCUT2D eigenvalue weighted by atomic mass is 10.0. The number of ether oxygens (including phenoxy) is 2. The molecule has 36 heavy (non-hydrogen) atoms. The Balaban J connectivity index is 1.40. The van der Waals surface area contributed by atoms with Crippen molar-refractivity contribution in [1.29, 1.82) is 0 Å². The fourth-order valence-electron chi connectivity index (χ4n) is 4.24. The molecule has 0 unspecified atom stereocenters. The highest BCUT2D eigenvalue weighted by molar-refractivity contribution is 6.33. The Morgan fingerprint density at radius 3 is 2.28 bits per heavy atom. The van der Waals surface area contributed by atoms with Gasteiger partial charge in [-0.3, -0.25) is 0 Å². The third-order valence-corrected chi connectivity index (χ3v) is 6.57. The Morgan fingerprint density at radius 1 is 0.833 bits per heavy atom. The van der Waals surface area contributed by atoms with Crippen LogP contribution in [0.25, 0.3) is 11.0 Å². The largest absolute Gasteiger partial charge is 0.426 e. The quantitative estimate of drug-likeness (QED) is 0.109. The fourth-order valence-corrected chi connectivity index (χ4v) is 4.49. The summed E-state index contributed by atoms with van der Waals surface area (Å²) < 4.78 is 17.4. The van der Waals surface area contributed by atoms with Gasteiger partial charge in [0.2, 0.25) is 0 Å². The lowest BCUT2D eigenvalue weighted by molar-refractivity contribution is 0.0735. The third-order valence-electron chi connectivity index (χ3n) is 6.26. The predicted octanol–water partition coefficient (Wildman–Crippen LogP) is 9.56. The van der Waals surface area contributed by atoms with Gasteiger partial charge in [0.15, 0.2) is 0 Å². The lowest BCUT2D eigenvalue weighted by Gasteiger charge is -2.08. The van der Waals surface area contributed by atoms with Crippen LogP contribution in [-0.4, -0.2) is 5.97 Å². The van der Waals surface area contributed by atoms with Crippen molar-refractivity contribution >= 4 is 28.5 Å². The van der Waals surface area contributed by atoms with E-state index in [0.717, 1.165) is 36.7 Å². The molecule has 1 heterocycles. The van der Waals surface area contributed by atoms with Crippen molar-refractivity contribution in [2.45, 2.75) is 65.2 Å². The Kier molecular flexibility index (Phi) is 9.07. The van der Waals surface area contributed by atoms with E-state index in [4.69, 9.17) is 25.5 Å². The van der Waals surface area contributed by atoms with Gasteiger partial charge in [-0.05, 0) is 67.1 Å². The second-order valence-corrected chi connectivity index (χ2v) is 9.49. The first-order valence-electron chi connectivity index (χ1n) is 12.9. The molecule has 4 rings (SSSR count). The number of unbranched alkanes of at least 4 members (excludes halogenated alkanes) is 4. The molecule has 0 atom stereocenters. The SMILES string of the molecule is CCCCCc1ccc(OC(=O)c2ccc(Oc3cc4c(CCCCC)cccc4o3)cc2Cl)cc1. The Labute approximate surface area is 218 Å². The van der Waals surface area contributed by atoms with Crippen LogP contribution in [-0.2, 0) is 12.8 Å². The minimum Gasteiger partial charge on any atom is -0.426 e. The first kappa shape index (κ1) is 25.8. The lowest BCUT2D eigenvalue weighted by Crippen LogP contribution is -2.09. The van der Waals surface area contributed by atoms with Crippen molar-refractivity contribution < 1.29 is 18.7 Å². The molecule has 4 aromatic rings. The van der Waals surface area contributed by atoms with Crippen LogP contribution >= 0.6 is 11.6 Å². The van der Waals surface area contributed by atoms with Gasteiger partial charge in [-0.15, -0.1) is 0 Å². The average molecular weight is 505 g/mol. The summed E-state index contributed by atoms with van der Waals surface area (Å²) in [6.45, 7) is 4.39. The molecule has 0 saturated carbocycles. The summed E-state index contributed by atoms with van der Waals surface area (Å²) in [7, 11) is 0. The second kappa shape index (κ2) is 12.6. The zero-order valence-electron chi connectivity index (χ0n) is 21.0. The Morgan fingerprint density at radius 2 is 1.56 bits per heavy atom. The van der Waals surface area contributed by atoms with E-state index in [1.54, 1.807) is 18.2 Å². The summed E-state index contributed by atoms with van der Waals surface area (Å²) in [4.78, 5) is 12.7. The van der Waals surface area contributed by atoms with Gasteiger partial charge in [-0.1, -0.05) is 75.4 Å². The van der Waals surface area contributed by atoms with Crippen LogP contribution in [0.3, 0.4) is 0 Å². The number of aryl methyl sites for hydroxylation is 2. The number of halogens is 1. The van der Waals surface area contributed by atoms with E-state index >= 15 is 0 Å². The van der Waals surface area contributed by atoms with Crippen molar-refractivity contribution in [2.75, 3.05) is 0 Å². The number of hydrogen-bond donors (Lipinski definition) is 0. The zero-order valence-corrected chi connectivity index (χ0v) is 21.8. The maximum Gasteiger partial charge on any atom is 0.345 e. The topological polar surface area (TPSA) is 48.7 Å². The van der Waals surface area contributed by atoms with E-state index in [-0.39, 0.29) is 10.6 Å². The van der Waals surface area contributed by atoms with Crippen LogP contribution in [0.2, 0.25) is 5.02 Å². The van der Waals surface area contributed by atoms with Gasteiger partial charge in [0, 0.05) is 17.5 Å². The highest BCUT2D eigenvalue weighted by atomic mass is 35.5. The van der Waals surface area contributed by atoms with Crippen molar-refractivity contribution in [1.82, 2.24) is 0 Å². The second-order valence-electron chi connectivity index (χ2n) is 9.09. The molecule has 0 aliphatic carbocycles. The van der Waals surface area contributed by atoms with Gasteiger partial charge >= 0.3 is 5.97 Å². The van der Waals surface area contributed by atoms with Crippen molar-refractivity contribution in [3.05, 3.63) is 88.4 Å². The van der Waals surface area contributed by atoms with Crippen LogP contribution in [0, 0.1) is 0 Å². The number of rotatable bonds is 12. The minimum atomic E-state index is -0.509. The van der Waals surface area contributed by atoms with Crippen LogP contribution in [0.4, 0.5) is 0 Å². The monoisotopic (exact) mass is 504 g/mol. The van der Waals surface area contributed by atoms with Crippen LogP contribution in [0.1, 0.15) is 73.9 Å². The maximum absolute atomic E-state index is 12.7. The zero-order chi connectivity index (χ0) is 25.3. The molecule has 0 bridgehead atoms. The Bertz CT molecular complexity index is 1290. The van der Waals surface area contributed by atoms with E-state index in [9.17, 15) is 4.79 Å². The van der Waals surface area contributed by atoms with Crippen molar-refractivity contribution in [2.24, 2.45) is 0 Å². The Hall–Kier alpha value is -3.24. The van der Waals surface area contributed by atoms with E-state index in [2.05, 4.69) is 19.9 Å². The van der Waals surface area contributed by atoms with E-state index in [1.165, 1.54) is 36.8 Å². The minimum absolute atomic E-state index is 0.255. The normalized spacial score (nSPS) is 11.1. The molecule has 0 N–H and O–H groups in total.